The van der Waals surface area contributed by atoms with Crippen LogP contribution in [0.5, 0.6) is 0 Å². The summed E-state index contributed by atoms with van der Waals surface area (Å²) in [6.45, 7) is 10.8. The molecule has 0 nitrogen and oxygen atoms in total. The minimum Gasteiger partial charge on any atom is -0.0654 e. The van der Waals surface area contributed by atoms with Crippen LogP contribution in [-0.2, 0) is 0 Å². The van der Waals surface area contributed by atoms with Gasteiger partial charge in [0, 0.05) is 0 Å². The van der Waals surface area contributed by atoms with Crippen LogP contribution in [0.15, 0.2) is 0 Å². The van der Waals surface area contributed by atoms with Gasteiger partial charge in [0.15, 0.2) is 0 Å². The second kappa shape index (κ2) is 6.69. The Hall–Kier alpha value is 0. The van der Waals surface area contributed by atoms with E-state index in [1.165, 1.54) is 25.7 Å². The molecule has 0 rings (SSSR count). The van der Waals surface area contributed by atoms with Gasteiger partial charge in [-0.15, -0.1) is 0 Å². The largest absolute Gasteiger partial charge is 0.0654 e. The molecule has 0 saturated heterocycles. The highest BCUT2D eigenvalue weighted by Crippen LogP contribution is 2.17. The SMILES string of the molecule is [CH2]CC(C)CCC(C)CCC. The van der Waals surface area contributed by atoms with Crippen molar-refractivity contribution < 1.29 is 0 Å². The first kappa shape index (κ1) is 11.0. The Kier molecular flexibility index (Phi) is 6.69. The quantitative estimate of drug-likeness (QED) is 0.542. The van der Waals surface area contributed by atoms with E-state index < -0.39 is 0 Å². The van der Waals surface area contributed by atoms with E-state index >= 15 is 0 Å². The van der Waals surface area contributed by atoms with Crippen LogP contribution >= 0.6 is 0 Å². The predicted molar refractivity (Wildman–Crippen MR) is 52.4 cm³/mol. The lowest BCUT2D eigenvalue weighted by Gasteiger charge is -2.12. The summed E-state index contributed by atoms with van der Waals surface area (Å²) in [7, 11) is 0. The Bertz CT molecular complexity index is 76.1. The molecule has 0 aliphatic carbocycles. The number of rotatable bonds is 6. The molecule has 0 aromatic rings. The summed E-state index contributed by atoms with van der Waals surface area (Å²) in [6, 6.07) is 0. The van der Waals surface area contributed by atoms with Crippen LogP contribution in [0, 0.1) is 18.8 Å². The summed E-state index contributed by atoms with van der Waals surface area (Å²) >= 11 is 0. The van der Waals surface area contributed by atoms with Crippen molar-refractivity contribution in [1.82, 2.24) is 0 Å². The maximum Gasteiger partial charge on any atom is -0.0443 e. The van der Waals surface area contributed by atoms with E-state index in [-0.39, 0.29) is 0 Å². The maximum atomic E-state index is 3.91. The highest BCUT2D eigenvalue weighted by molar-refractivity contribution is 4.58. The van der Waals surface area contributed by atoms with Crippen LogP contribution in [0.3, 0.4) is 0 Å². The lowest BCUT2D eigenvalue weighted by molar-refractivity contribution is 0.411. The molecule has 0 heterocycles. The highest BCUT2D eigenvalue weighted by Gasteiger charge is 2.03. The van der Waals surface area contributed by atoms with E-state index in [2.05, 4.69) is 27.7 Å². The van der Waals surface area contributed by atoms with Crippen molar-refractivity contribution >= 4 is 0 Å². The Labute approximate surface area is 72.4 Å². The third-order valence-corrected chi connectivity index (χ3v) is 2.43. The van der Waals surface area contributed by atoms with Gasteiger partial charge in [-0.2, -0.15) is 0 Å². The number of hydrogen-bond donors (Lipinski definition) is 0. The fourth-order valence-corrected chi connectivity index (χ4v) is 1.35. The first-order valence-corrected chi connectivity index (χ1v) is 4.99. The van der Waals surface area contributed by atoms with Gasteiger partial charge in [0.25, 0.3) is 0 Å². The predicted octanol–water partition coefficient (Wildman–Crippen LogP) is 4.06. The molecule has 0 saturated carbocycles. The molecule has 0 fully saturated rings. The molecule has 1 radical (unpaired) electrons. The summed E-state index contributed by atoms with van der Waals surface area (Å²) in [5.41, 5.74) is 0. The molecule has 0 spiro atoms. The molecule has 0 heteroatoms. The van der Waals surface area contributed by atoms with Gasteiger partial charge in [0.1, 0.15) is 0 Å². The summed E-state index contributed by atoms with van der Waals surface area (Å²) in [5, 5.41) is 0. The van der Waals surface area contributed by atoms with Crippen molar-refractivity contribution in [3.05, 3.63) is 6.92 Å². The molecule has 2 unspecified atom stereocenters. The van der Waals surface area contributed by atoms with Crippen LogP contribution in [0.25, 0.3) is 0 Å². The molecule has 0 aliphatic rings. The van der Waals surface area contributed by atoms with Gasteiger partial charge in [0.05, 0.1) is 0 Å². The molecule has 0 aromatic heterocycles. The standard InChI is InChI=1S/C11H23/c1-5-7-11(4)9-8-10(3)6-2/h10-11H,2,5-9H2,1,3-4H3. The van der Waals surface area contributed by atoms with Gasteiger partial charge in [-0.3, -0.25) is 0 Å². The van der Waals surface area contributed by atoms with Crippen LogP contribution < -0.4 is 0 Å². The molecule has 2 atom stereocenters. The molecule has 0 N–H and O–H groups in total. The van der Waals surface area contributed by atoms with E-state index in [1.807, 2.05) is 0 Å². The minimum atomic E-state index is 0.828. The fourth-order valence-electron chi connectivity index (χ4n) is 1.35. The lowest BCUT2D eigenvalue weighted by atomic mass is 9.94. The van der Waals surface area contributed by atoms with E-state index in [1.54, 1.807) is 0 Å². The second-order valence-corrected chi connectivity index (χ2v) is 3.87. The van der Waals surface area contributed by atoms with Crippen molar-refractivity contribution in [1.29, 1.82) is 0 Å². The molecular formula is C11H23. The zero-order valence-electron chi connectivity index (χ0n) is 8.40. The van der Waals surface area contributed by atoms with E-state index in [0.717, 1.165) is 18.3 Å². The van der Waals surface area contributed by atoms with Gasteiger partial charge >= 0.3 is 0 Å². The Morgan fingerprint density at radius 2 is 1.55 bits per heavy atom. The normalized spacial score (nSPS) is 16.4. The Balaban J connectivity index is 3.22. The minimum absolute atomic E-state index is 0.828. The molecule has 0 aromatic carbocycles. The summed E-state index contributed by atoms with van der Waals surface area (Å²) in [5.74, 6) is 1.75. The summed E-state index contributed by atoms with van der Waals surface area (Å²) in [6.07, 6.45) is 6.58. The Morgan fingerprint density at radius 3 is 2.00 bits per heavy atom. The average Bonchev–Trinajstić information content (AvgIpc) is 2.01. The van der Waals surface area contributed by atoms with Gasteiger partial charge < -0.3 is 0 Å². The Morgan fingerprint density at radius 1 is 1.00 bits per heavy atom. The van der Waals surface area contributed by atoms with Gasteiger partial charge in [-0.25, -0.2) is 0 Å². The van der Waals surface area contributed by atoms with Crippen LogP contribution in [0.2, 0.25) is 0 Å². The number of hydrogen-bond acceptors (Lipinski definition) is 0. The van der Waals surface area contributed by atoms with Crippen molar-refractivity contribution in [2.75, 3.05) is 0 Å². The van der Waals surface area contributed by atoms with Crippen molar-refractivity contribution in [2.24, 2.45) is 11.8 Å². The summed E-state index contributed by atoms with van der Waals surface area (Å²) in [4.78, 5) is 0. The smallest absolute Gasteiger partial charge is 0.0443 e. The van der Waals surface area contributed by atoms with E-state index in [0.29, 0.717) is 0 Å². The van der Waals surface area contributed by atoms with Crippen molar-refractivity contribution in [3.63, 3.8) is 0 Å². The first-order chi connectivity index (χ1) is 5.20. The van der Waals surface area contributed by atoms with Crippen molar-refractivity contribution in [2.45, 2.75) is 52.9 Å². The third kappa shape index (κ3) is 6.40. The second-order valence-electron chi connectivity index (χ2n) is 3.87. The first-order valence-electron chi connectivity index (χ1n) is 4.99. The van der Waals surface area contributed by atoms with Gasteiger partial charge in [0.2, 0.25) is 0 Å². The third-order valence-electron chi connectivity index (χ3n) is 2.43. The van der Waals surface area contributed by atoms with Gasteiger partial charge in [-0.05, 0) is 11.8 Å². The zero-order chi connectivity index (χ0) is 8.69. The van der Waals surface area contributed by atoms with Crippen LogP contribution in [-0.4, -0.2) is 0 Å². The monoisotopic (exact) mass is 155 g/mol. The molecule has 0 bridgehead atoms. The lowest BCUT2D eigenvalue weighted by Crippen LogP contribution is -1.99. The summed E-state index contributed by atoms with van der Waals surface area (Å²) < 4.78 is 0. The zero-order valence-corrected chi connectivity index (χ0v) is 8.40. The molecule has 67 valence electrons. The van der Waals surface area contributed by atoms with Crippen LogP contribution in [0.4, 0.5) is 0 Å². The van der Waals surface area contributed by atoms with E-state index in [9.17, 15) is 0 Å². The maximum absolute atomic E-state index is 3.91. The van der Waals surface area contributed by atoms with Crippen molar-refractivity contribution in [3.8, 4) is 0 Å². The topological polar surface area (TPSA) is 0 Å². The highest BCUT2D eigenvalue weighted by atomic mass is 14.1. The van der Waals surface area contributed by atoms with Gasteiger partial charge in [-0.1, -0.05) is 59.8 Å². The molecule has 0 amide bonds. The average molecular weight is 155 g/mol. The molecule has 0 aliphatic heterocycles. The molecule has 11 heavy (non-hydrogen) atoms. The van der Waals surface area contributed by atoms with Crippen LogP contribution in [0.1, 0.15) is 52.9 Å². The fraction of sp³-hybridized carbons (Fsp3) is 0.909. The molecular weight excluding hydrogens is 132 g/mol. The van der Waals surface area contributed by atoms with E-state index in [4.69, 9.17) is 0 Å².